The lowest BCUT2D eigenvalue weighted by molar-refractivity contribution is -0.155. The number of hydrogen-bond donors (Lipinski definition) is 1. The van der Waals surface area contributed by atoms with E-state index in [-0.39, 0.29) is 23.9 Å². The van der Waals surface area contributed by atoms with E-state index in [2.05, 4.69) is 17.7 Å². The molecule has 1 unspecified atom stereocenters. The fraction of sp³-hybridized carbons (Fsp3) is 0.741. The second-order valence-corrected chi connectivity index (χ2v) is 13.3. The van der Waals surface area contributed by atoms with Crippen LogP contribution in [0.15, 0.2) is 18.2 Å². The summed E-state index contributed by atoms with van der Waals surface area (Å²) >= 11 is 5.42. The minimum absolute atomic E-state index is 0.0773. The van der Waals surface area contributed by atoms with Crippen LogP contribution < -0.4 is 4.72 Å². The van der Waals surface area contributed by atoms with Gasteiger partial charge >= 0.3 is 5.97 Å². The van der Waals surface area contributed by atoms with Crippen molar-refractivity contribution in [2.75, 3.05) is 27.6 Å². The molecule has 0 radical (unpaired) electrons. The van der Waals surface area contributed by atoms with Crippen LogP contribution >= 0.6 is 11.6 Å². The smallest absolute Gasteiger partial charge is 0.311 e. The molecule has 2 saturated carbocycles. The summed E-state index contributed by atoms with van der Waals surface area (Å²) in [6.45, 7) is 8.94. The molecule has 0 bridgehead atoms. The number of rotatable bonds is 14. The Balaban J connectivity index is 1.87. The Labute approximate surface area is 219 Å². The average molecular weight is 528 g/mol. The summed E-state index contributed by atoms with van der Waals surface area (Å²) in [5.74, 6) is -0.379. The molecule has 1 aromatic carbocycles. The molecule has 1 N–H and O–H groups in total. The van der Waals surface area contributed by atoms with Crippen molar-refractivity contribution in [3.05, 3.63) is 34.3 Å². The first-order valence-electron chi connectivity index (χ1n) is 12.6. The molecule has 0 aromatic heterocycles. The van der Waals surface area contributed by atoms with Crippen molar-refractivity contribution in [1.29, 1.82) is 0 Å². The number of halogens is 1. The van der Waals surface area contributed by atoms with E-state index in [1.54, 1.807) is 7.11 Å². The predicted molar refractivity (Wildman–Crippen MR) is 140 cm³/mol. The van der Waals surface area contributed by atoms with Gasteiger partial charge in [0.1, 0.15) is 12.0 Å². The molecule has 0 spiro atoms. The summed E-state index contributed by atoms with van der Waals surface area (Å²) in [6, 6.07) is 6.05. The molecule has 0 amide bonds. The molecule has 2 aliphatic carbocycles. The van der Waals surface area contributed by atoms with Crippen molar-refractivity contribution in [2.45, 2.75) is 77.0 Å². The summed E-state index contributed by atoms with van der Waals surface area (Å²) in [6.07, 6.45) is 6.29. The van der Waals surface area contributed by atoms with Crippen molar-refractivity contribution < 1.29 is 23.6 Å². The Hall–Kier alpha value is -0.830. The molecule has 198 valence electrons. The van der Waals surface area contributed by atoms with Gasteiger partial charge in [-0.05, 0) is 93.7 Å². The lowest BCUT2D eigenvalue weighted by Crippen LogP contribution is -2.57. The van der Waals surface area contributed by atoms with Crippen LogP contribution in [0.5, 0.6) is 0 Å². The number of esters is 1. The van der Waals surface area contributed by atoms with Gasteiger partial charge in [0, 0.05) is 23.5 Å². The van der Waals surface area contributed by atoms with Crippen LogP contribution in [-0.4, -0.2) is 43.4 Å². The van der Waals surface area contributed by atoms with E-state index in [0.29, 0.717) is 23.0 Å². The Morgan fingerprint density at radius 3 is 2.54 bits per heavy atom. The van der Waals surface area contributed by atoms with E-state index in [1.807, 2.05) is 32.9 Å². The van der Waals surface area contributed by atoms with Gasteiger partial charge in [-0.25, -0.2) is 0 Å². The Kier molecular flexibility index (Phi) is 9.97. The van der Waals surface area contributed by atoms with Gasteiger partial charge in [-0.1, -0.05) is 30.7 Å². The van der Waals surface area contributed by atoms with Gasteiger partial charge in [-0.2, -0.15) is 0 Å². The quantitative estimate of drug-likeness (QED) is 0.151. The number of carbonyl (C=O) groups is 1. The SMILES string of the molecule is COCOCC1CC(C(C(=O)OC)[C@@](C)(N[S@@+]([O-])C(C)C)c2ccc(CCC3(C)CC3)c(Cl)c2)C1. The van der Waals surface area contributed by atoms with E-state index in [9.17, 15) is 9.35 Å². The minimum Gasteiger partial charge on any atom is -0.598 e. The molecule has 35 heavy (non-hydrogen) atoms. The topological polar surface area (TPSA) is 79.9 Å². The van der Waals surface area contributed by atoms with Gasteiger partial charge in [0.15, 0.2) is 0 Å². The normalized spacial score (nSPS) is 24.4. The first kappa shape index (κ1) is 28.7. The molecule has 2 aliphatic rings. The monoisotopic (exact) mass is 527 g/mol. The van der Waals surface area contributed by atoms with E-state index in [1.165, 1.54) is 20.0 Å². The molecule has 3 atom stereocenters. The zero-order valence-electron chi connectivity index (χ0n) is 22.0. The molecule has 0 heterocycles. The Morgan fingerprint density at radius 1 is 1.31 bits per heavy atom. The number of hydrogen-bond acceptors (Lipinski definition) is 6. The summed E-state index contributed by atoms with van der Waals surface area (Å²) in [5.41, 5.74) is 1.52. The van der Waals surface area contributed by atoms with Crippen LogP contribution in [0.4, 0.5) is 0 Å². The van der Waals surface area contributed by atoms with Crippen LogP contribution in [-0.2, 0) is 42.3 Å². The lowest BCUT2D eigenvalue weighted by Gasteiger charge is -2.46. The zero-order valence-corrected chi connectivity index (χ0v) is 23.6. The third kappa shape index (κ3) is 7.14. The lowest BCUT2D eigenvalue weighted by atomic mass is 9.62. The number of methoxy groups -OCH3 is 2. The summed E-state index contributed by atoms with van der Waals surface area (Å²) in [7, 11) is 3.02. The van der Waals surface area contributed by atoms with Gasteiger partial charge in [-0.3, -0.25) is 4.79 Å². The van der Waals surface area contributed by atoms with Gasteiger partial charge in [-0.15, -0.1) is 4.72 Å². The third-order valence-corrected chi connectivity index (χ3v) is 9.70. The first-order chi connectivity index (χ1) is 16.5. The maximum atomic E-state index is 13.2. The van der Waals surface area contributed by atoms with E-state index < -0.39 is 22.8 Å². The highest BCUT2D eigenvalue weighted by Gasteiger charge is 2.52. The average Bonchev–Trinajstić information content (AvgIpc) is 3.53. The van der Waals surface area contributed by atoms with Gasteiger partial charge in [0.2, 0.25) is 0 Å². The molecule has 0 aliphatic heterocycles. The van der Waals surface area contributed by atoms with Crippen LogP contribution in [0, 0.1) is 23.2 Å². The third-order valence-electron chi connectivity index (χ3n) is 7.87. The van der Waals surface area contributed by atoms with Crippen molar-refractivity contribution in [2.24, 2.45) is 23.2 Å². The van der Waals surface area contributed by atoms with Crippen molar-refractivity contribution in [1.82, 2.24) is 4.72 Å². The summed E-state index contributed by atoms with van der Waals surface area (Å²) < 4.78 is 32.2. The highest BCUT2D eigenvalue weighted by Crippen LogP contribution is 2.50. The molecule has 6 nitrogen and oxygen atoms in total. The predicted octanol–water partition coefficient (Wildman–Crippen LogP) is 5.39. The number of ether oxygens (including phenoxy) is 3. The number of benzene rings is 1. The van der Waals surface area contributed by atoms with E-state index in [4.69, 9.17) is 25.8 Å². The highest BCUT2D eigenvalue weighted by molar-refractivity contribution is 7.90. The standard InChI is InChI=1S/C27H42ClNO5S/c1-18(2)35(31)29-27(4,22-8-7-20(23(28)15-22)9-10-26(3)11-12-26)24(25(30)33-6)21-13-19(14-21)16-34-17-32-5/h7-8,15,18-19,21,24,29H,9-14,16-17H2,1-6H3/t19?,21?,24?,27-,35-/m0/s1. The van der Waals surface area contributed by atoms with E-state index >= 15 is 0 Å². The molecule has 3 rings (SSSR count). The van der Waals surface area contributed by atoms with Crippen LogP contribution in [0.1, 0.15) is 70.9 Å². The van der Waals surface area contributed by atoms with Crippen molar-refractivity contribution in [3.63, 3.8) is 0 Å². The summed E-state index contributed by atoms with van der Waals surface area (Å²) in [4.78, 5) is 13.2. The second kappa shape index (κ2) is 12.1. The van der Waals surface area contributed by atoms with Gasteiger partial charge < -0.3 is 18.8 Å². The summed E-state index contributed by atoms with van der Waals surface area (Å²) in [5, 5.41) is 0.580. The minimum atomic E-state index is -1.35. The molecule has 1 aromatic rings. The molecule has 0 saturated heterocycles. The first-order valence-corrected chi connectivity index (χ1v) is 14.2. The van der Waals surface area contributed by atoms with Gasteiger partial charge in [0.25, 0.3) is 0 Å². The molecule has 8 heteroatoms. The Bertz CT molecular complexity index is 858. The Morgan fingerprint density at radius 2 is 2.00 bits per heavy atom. The highest BCUT2D eigenvalue weighted by atomic mass is 35.5. The molecular weight excluding hydrogens is 486 g/mol. The van der Waals surface area contributed by atoms with Crippen LogP contribution in [0.2, 0.25) is 5.02 Å². The molecular formula is C27H42ClNO5S. The van der Waals surface area contributed by atoms with Gasteiger partial charge in [0.05, 0.1) is 25.2 Å². The number of aryl methyl sites for hydroxylation is 1. The maximum absolute atomic E-state index is 13.2. The van der Waals surface area contributed by atoms with E-state index in [0.717, 1.165) is 36.8 Å². The largest absolute Gasteiger partial charge is 0.598 e. The maximum Gasteiger partial charge on any atom is 0.311 e. The van der Waals surface area contributed by atoms with Crippen molar-refractivity contribution >= 4 is 28.9 Å². The fourth-order valence-electron chi connectivity index (χ4n) is 5.12. The molecule has 2 fully saturated rings. The number of nitrogens with one attached hydrogen (secondary N) is 1. The van der Waals surface area contributed by atoms with Crippen LogP contribution in [0.3, 0.4) is 0 Å². The van der Waals surface area contributed by atoms with Crippen molar-refractivity contribution in [3.8, 4) is 0 Å². The number of carbonyl (C=O) groups excluding carboxylic acids is 1. The second-order valence-electron chi connectivity index (χ2n) is 11.1. The fourth-order valence-corrected chi connectivity index (χ4v) is 6.30. The zero-order chi connectivity index (χ0) is 25.8. The van der Waals surface area contributed by atoms with Crippen LogP contribution in [0.25, 0.3) is 0 Å².